The van der Waals surface area contributed by atoms with E-state index in [1.165, 1.54) is 0 Å². The van der Waals surface area contributed by atoms with E-state index in [1.807, 2.05) is 6.92 Å². The van der Waals surface area contributed by atoms with Crippen molar-refractivity contribution in [1.82, 2.24) is 4.72 Å². The zero-order chi connectivity index (χ0) is 9.78. The summed E-state index contributed by atoms with van der Waals surface area (Å²) in [5.41, 5.74) is 1.17. The Morgan fingerprint density at radius 2 is 1.83 bits per heavy atom. The molecule has 68 valence electrons. The number of hydrogen-bond donors (Lipinski definition) is 1. The fraction of sp³-hybridized carbons (Fsp3) is 0.250. The van der Waals surface area contributed by atoms with E-state index in [4.69, 9.17) is 0 Å². The smallest absolute Gasteiger partial charge is 0.229 e. The van der Waals surface area contributed by atoms with Crippen LogP contribution in [0.25, 0.3) is 0 Å². The van der Waals surface area contributed by atoms with Crippen LogP contribution in [0.15, 0.2) is 36.6 Å². The lowest BCUT2D eigenvalue weighted by Gasteiger charge is -2.01. The van der Waals surface area contributed by atoms with Crippen molar-refractivity contribution in [2.45, 2.75) is 6.92 Å². The van der Waals surface area contributed by atoms with Crippen LogP contribution >= 0.6 is 0 Å². The molecule has 0 unspecified atom stereocenters. The fourth-order valence-corrected chi connectivity index (χ4v) is 1.06. The normalized spacial score (nSPS) is 11.5. The topological polar surface area (TPSA) is 46.2 Å². The Labute approximate surface area is 73.5 Å². The van der Waals surface area contributed by atoms with Crippen LogP contribution in [0.4, 0.5) is 0 Å². The van der Waals surface area contributed by atoms with Gasteiger partial charge < -0.3 is 0 Å². The number of sulfonamides is 1. The lowest BCUT2D eigenvalue weighted by atomic mass is 10.3. The molecule has 4 heteroatoms. The van der Waals surface area contributed by atoms with Crippen LogP contribution < -0.4 is 4.72 Å². The van der Waals surface area contributed by atoms with E-state index in [0.717, 1.165) is 11.8 Å². The summed E-state index contributed by atoms with van der Waals surface area (Å²) < 4.78 is 23.5. The van der Waals surface area contributed by atoms with Gasteiger partial charge in [0, 0.05) is 5.70 Å². The van der Waals surface area contributed by atoms with E-state index in [9.17, 15) is 8.42 Å². The van der Waals surface area contributed by atoms with Gasteiger partial charge in [-0.2, -0.15) is 0 Å². The van der Waals surface area contributed by atoms with Crippen LogP contribution in [0, 0.1) is 0 Å². The highest BCUT2D eigenvalue weighted by Gasteiger charge is 1.98. The van der Waals surface area contributed by atoms with Gasteiger partial charge in [-0.05, 0) is 13.0 Å². The molecule has 3 nitrogen and oxygen atoms in total. The van der Waals surface area contributed by atoms with Crippen molar-refractivity contribution in [3.8, 4) is 0 Å². The van der Waals surface area contributed by atoms with E-state index in [1.54, 1.807) is 12.2 Å². The second-order valence-corrected chi connectivity index (χ2v) is 4.33. The van der Waals surface area contributed by atoms with Crippen LogP contribution in [-0.2, 0) is 10.0 Å². The molecule has 0 amide bonds. The van der Waals surface area contributed by atoms with Crippen LogP contribution in [0.3, 0.4) is 0 Å². The van der Waals surface area contributed by atoms with Crippen molar-refractivity contribution in [2.75, 3.05) is 6.26 Å². The predicted octanol–water partition coefficient (Wildman–Crippen LogP) is 1.18. The largest absolute Gasteiger partial charge is 0.284 e. The summed E-state index contributed by atoms with van der Waals surface area (Å²) in [7, 11) is -3.20. The van der Waals surface area contributed by atoms with Crippen LogP contribution in [0.5, 0.6) is 0 Å². The van der Waals surface area contributed by atoms with Gasteiger partial charge in [0.15, 0.2) is 0 Å². The molecule has 0 heterocycles. The average Bonchev–Trinajstić information content (AvgIpc) is 1.79. The van der Waals surface area contributed by atoms with Crippen molar-refractivity contribution in [1.29, 1.82) is 0 Å². The summed E-state index contributed by atoms with van der Waals surface area (Å²) in [4.78, 5) is 0. The second-order valence-electron chi connectivity index (χ2n) is 2.58. The maximum atomic E-state index is 10.7. The lowest BCUT2D eigenvalue weighted by molar-refractivity contribution is 0.595. The molecule has 0 aromatic carbocycles. The summed E-state index contributed by atoms with van der Waals surface area (Å²) >= 11 is 0. The minimum Gasteiger partial charge on any atom is -0.284 e. The summed E-state index contributed by atoms with van der Waals surface area (Å²) in [5.74, 6) is 0. The van der Waals surface area contributed by atoms with E-state index in [-0.39, 0.29) is 0 Å². The van der Waals surface area contributed by atoms with E-state index in [0.29, 0.717) is 5.70 Å². The first-order valence-electron chi connectivity index (χ1n) is 3.31. The quantitative estimate of drug-likeness (QED) is 0.672. The van der Waals surface area contributed by atoms with Crippen molar-refractivity contribution >= 4 is 10.0 Å². The van der Waals surface area contributed by atoms with Crippen molar-refractivity contribution in [2.24, 2.45) is 0 Å². The first kappa shape index (κ1) is 11.0. The first-order chi connectivity index (χ1) is 5.31. The van der Waals surface area contributed by atoms with Gasteiger partial charge in [-0.15, -0.1) is 0 Å². The van der Waals surface area contributed by atoms with Crippen LogP contribution in [0.1, 0.15) is 6.92 Å². The highest BCUT2D eigenvalue weighted by molar-refractivity contribution is 7.88. The molecule has 0 saturated heterocycles. The second kappa shape index (κ2) is 4.11. The standard InChI is InChI=1S/C8H13NO2S/c1-7(2)5-6-8(3)9-12(4,10)11/h5-6,9H,1,3H2,2,4H3/b6-5-. The monoisotopic (exact) mass is 187 g/mol. The molecule has 0 rings (SSSR count). The summed E-state index contributed by atoms with van der Waals surface area (Å²) in [6.07, 6.45) is 4.32. The lowest BCUT2D eigenvalue weighted by Crippen LogP contribution is -2.19. The average molecular weight is 187 g/mol. The zero-order valence-corrected chi connectivity index (χ0v) is 8.11. The number of nitrogens with one attached hydrogen (secondary N) is 1. The molecule has 0 radical (unpaired) electrons. The molecule has 0 aromatic rings. The van der Waals surface area contributed by atoms with Gasteiger partial charge in [-0.1, -0.05) is 24.8 Å². The van der Waals surface area contributed by atoms with Crippen molar-refractivity contribution in [3.63, 3.8) is 0 Å². The van der Waals surface area contributed by atoms with Gasteiger partial charge in [0.25, 0.3) is 0 Å². The highest BCUT2D eigenvalue weighted by atomic mass is 32.2. The summed E-state index contributed by atoms with van der Waals surface area (Å²) in [6.45, 7) is 8.92. The molecule has 0 fully saturated rings. The zero-order valence-electron chi connectivity index (χ0n) is 7.29. The van der Waals surface area contributed by atoms with Crippen molar-refractivity contribution < 1.29 is 8.42 Å². The Kier molecular flexibility index (Phi) is 3.76. The minimum absolute atomic E-state index is 0.334. The van der Waals surface area contributed by atoms with Gasteiger partial charge >= 0.3 is 0 Å². The first-order valence-corrected chi connectivity index (χ1v) is 5.20. The number of hydrogen-bond acceptors (Lipinski definition) is 2. The van der Waals surface area contributed by atoms with Gasteiger partial charge in [0.1, 0.15) is 0 Å². The Morgan fingerprint density at radius 1 is 1.33 bits per heavy atom. The van der Waals surface area contributed by atoms with Gasteiger partial charge in [0.2, 0.25) is 10.0 Å². The predicted molar refractivity (Wildman–Crippen MR) is 51.1 cm³/mol. The molecule has 1 N–H and O–H groups in total. The third kappa shape index (κ3) is 7.08. The molecule has 0 aliphatic rings. The molecule has 0 aromatic heterocycles. The Morgan fingerprint density at radius 3 is 2.17 bits per heavy atom. The maximum absolute atomic E-state index is 10.7. The molecule has 0 bridgehead atoms. The third-order valence-corrected chi connectivity index (χ3v) is 1.52. The third-order valence-electron chi connectivity index (χ3n) is 0.886. The Balaban J connectivity index is 4.18. The van der Waals surface area contributed by atoms with Crippen LogP contribution in [-0.4, -0.2) is 14.7 Å². The molecule has 0 aliphatic carbocycles. The SMILES string of the molecule is C=C(C)/C=C\C(=C)NS(C)(=O)=O. The van der Waals surface area contributed by atoms with E-state index in [2.05, 4.69) is 17.9 Å². The molecular weight excluding hydrogens is 174 g/mol. The van der Waals surface area contributed by atoms with Gasteiger partial charge in [-0.3, -0.25) is 4.72 Å². The van der Waals surface area contributed by atoms with E-state index < -0.39 is 10.0 Å². The molecular formula is C8H13NO2S. The van der Waals surface area contributed by atoms with Gasteiger partial charge in [0.05, 0.1) is 6.26 Å². The fourth-order valence-electron chi connectivity index (χ4n) is 0.515. The maximum Gasteiger partial charge on any atom is 0.229 e. The van der Waals surface area contributed by atoms with E-state index >= 15 is 0 Å². The number of allylic oxidation sites excluding steroid dienone is 3. The minimum atomic E-state index is -3.20. The summed E-state index contributed by atoms with van der Waals surface area (Å²) in [5, 5.41) is 0. The van der Waals surface area contributed by atoms with Gasteiger partial charge in [-0.25, -0.2) is 8.42 Å². The molecule has 0 spiro atoms. The summed E-state index contributed by atoms with van der Waals surface area (Å²) in [6, 6.07) is 0. The van der Waals surface area contributed by atoms with Crippen molar-refractivity contribution in [3.05, 3.63) is 36.6 Å². The van der Waals surface area contributed by atoms with Crippen LogP contribution in [0.2, 0.25) is 0 Å². The highest BCUT2D eigenvalue weighted by Crippen LogP contribution is 1.95. The number of rotatable bonds is 4. The Hall–Kier alpha value is -1.03. The Bertz CT molecular complexity index is 312. The molecule has 0 saturated carbocycles. The molecule has 0 atom stereocenters. The molecule has 12 heavy (non-hydrogen) atoms. The molecule has 0 aliphatic heterocycles.